The SMILES string of the molecule is O=C1c2ccc(O)c([N+](=O)[O-])c2C(=O)c2ccc(Nc3ccccc3)c(O)c21. The monoisotopic (exact) mass is 376 g/mol. The maximum atomic E-state index is 12.9. The Balaban J connectivity index is 1.89. The van der Waals surface area contributed by atoms with Crippen molar-refractivity contribution >= 4 is 28.6 Å². The summed E-state index contributed by atoms with van der Waals surface area (Å²) in [6, 6.07) is 13.7. The highest BCUT2D eigenvalue weighted by atomic mass is 16.6. The van der Waals surface area contributed by atoms with Crippen LogP contribution in [0.5, 0.6) is 11.5 Å². The normalized spacial score (nSPS) is 12.3. The van der Waals surface area contributed by atoms with Crippen LogP contribution in [0, 0.1) is 10.1 Å². The molecule has 1 aliphatic rings. The van der Waals surface area contributed by atoms with E-state index in [-0.39, 0.29) is 22.4 Å². The van der Waals surface area contributed by atoms with Crippen LogP contribution in [0.4, 0.5) is 17.1 Å². The largest absolute Gasteiger partial charge is 0.505 e. The molecule has 0 unspecified atom stereocenters. The summed E-state index contributed by atoms with van der Waals surface area (Å²) in [5.74, 6) is -2.68. The number of fused-ring (bicyclic) bond motifs is 2. The smallest absolute Gasteiger partial charge is 0.322 e. The van der Waals surface area contributed by atoms with Crippen LogP contribution < -0.4 is 5.32 Å². The molecular formula is C20H12N2O6. The summed E-state index contributed by atoms with van der Waals surface area (Å²) in [7, 11) is 0. The van der Waals surface area contributed by atoms with Crippen LogP contribution in [0.1, 0.15) is 31.8 Å². The van der Waals surface area contributed by atoms with Crippen LogP contribution in [0.25, 0.3) is 0 Å². The van der Waals surface area contributed by atoms with E-state index in [2.05, 4.69) is 5.32 Å². The minimum atomic E-state index is -0.907. The van der Waals surface area contributed by atoms with E-state index in [1.54, 1.807) is 24.3 Å². The number of ketones is 2. The van der Waals surface area contributed by atoms with Crippen molar-refractivity contribution in [2.24, 2.45) is 0 Å². The number of hydrogen-bond donors (Lipinski definition) is 3. The van der Waals surface area contributed by atoms with E-state index in [1.165, 1.54) is 12.1 Å². The molecule has 1 aliphatic carbocycles. The van der Waals surface area contributed by atoms with E-state index in [9.17, 15) is 29.9 Å². The van der Waals surface area contributed by atoms with E-state index in [1.807, 2.05) is 6.07 Å². The number of nitro groups is 1. The predicted molar refractivity (Wildman–Crippen MR) is 99.5 cm³/mol. The molecule has 0 fully saturated rings. The van der Waals surface area contributed by atoms with Gasteiger partial charge in [-0.1, -0.05) is 18.2 Å². The quantitative estimate of drug-likeness (QED) is 0.283. The van der Waals surface area contributed by atoms with Crippen molar-refractivity contribution in [1.29, 1.82) is 0 Å². The summed E-state index contributed by atoms with van der Waals surface area (Å²) in [4.78, 5) is 36.2. The van der Waals surface area contributed by atoms with Crippen molar-refractivity contribution in [2.75, 3.05) is 5.32 Å². The first-order valence-corrected chi connectivity index (χ1v) is 8.18. The van der Waals surface area contributed by atoms with Crippen molar-refractivity contribution in [1.82, 2.24) is 0 Å². The molecule has 0 radical (unpaired) electrons. The summed E-state index contributed by atoms with van der Waals surface area (Å²) in [5.41, 5.74) is -1.08. The number of nitrogens with one attached hydrogen (secondary N) is 1. The maximum absolute atomic E-state index is 12.9. The summed E-state index contributed by atoms with van der Waals surface area (Å²) in [6.07, 6.45) is 0. The number of benzene rings is 3. The number of hydrogen-bond acceptors (Lipinski definition) is 7. The molecule has 0 spiro atoms. The molecular weight excluding hydrogens is 364 g/mol. The van der Waals surface area contributed by atoms with E-state index >= 15 is 0 Å². The molecule has 3 N–H and O–H groups in total. The molecule has 4 rings (SSSR count). The number of anilines is 2. The molecule has 8 nitrogen and oxygen atoms in total. The molecule has 0 aromatic heterocycles. The fraction of sp³-hybridized carbons (Fsp3) is 0. The van der Waals surface area contributed by atoms with Crippen LogP contribution in [-0.2, 0) is 0 Å². The molecule has 3 aromatic rings. The fourth-order valence-electron chi connectivity index (χ4n) is 3.24. The first kappa shape index (κ1) is 17.2. The van der Waals surface area contributed by atoms with Gasteiger partial charge in [-0.25, -0.2) is 0 Å². The number of nitro benzene ring substituents is 1. The van der Waals surface area contributed by atoms with Crippen LogP contribution in [0.2, 0.25) is 0 Å². The third kappa shape index (κ3) is 2.47. The van der Waals surface area contributed by atoms with Crippen LogP contribution in [0.3, 0.4) is 0 Å². The Morgan fingerprint density at radius 1 is 0.821 bits per heavy atom. The molecule has 0 aliphatic heterocycles. The van der Waals surface area contributed by atoms with Crippen molar-refractivity contribution in [3.8, 4) is 11.5 Å². The van der Waals surface area contributed by atoms with Gasteiger partial charge in [0.2, 0.25) is 5.78 Å². The molecule has 0 saturated heterocycles. The zero-order chi connectivity index (χ0) is 20.0. The first-order valence-electron chi connectivity index (χ1n) is 8.18. The van der Waals surface area contributed by atoms with Gasteiger partial charge in [-0.05, 0) is 36.4 Å². The Morgan fingerprint density at radius 3 is 2.11 bits per heavy atom. The van der Waals surface area contributed by atoms with Gasteiger partial charge in [0.25, 0.3) is 0 Å². The van der Waals surface area contributed by atoms with Gasteiger partial charge < -0.3 is 15.5 Å². The second-order valence-corrected chi connectivity index (χ2v) is 6.15. The Morgan fingerprint density at radius 2 is 1.43 bits per heavy atom. The number of nitrogens with zero attached hydrogens (tertiary/aromatic N) is 1. The molecule has 0 bridgehead atoms. The van der Waals surface area contributed by atoms with E-state index in [0.29, 0.717) is 5.69 Å². The van der Waals surface area contributed by atoms with Crippen molar-refractivity contribution < 1.29 is 24.7 Å². The van der Waals surface area contributed by atoms with Gasteiger partial charge >= 0.3 is 5.69 Å². The molecule has 0 saturated carbocycles. The Bertz CT molecular complexity index is 1170. The lowest BCUT2D eigenvalue weighted by atomic mass is 9.82. The number of para-hydroxylation sites is 1. The average Bonchev–Trinajstić information content (AvgIpc) is 2.67. The summed E-state index contributed by atoms with van der Waals surface area (Å²) >= 11 is 0. The highest BCUT2D eigenvalue weighted by Crippen LogP contribution is 2.42. The topological polar surface area (TPSA) is 130 Å². The lowest BCUT2D eigenvalue weighted by Gasteiger charge is -2.20. The number of phenolic OH excluding ortho intramolecular Hbond substituents is 2. The number of rotatable bonds is 3. The lowest BCUT2D eigenvalue weighted by Crippen LogP contribution is -2.22. The second kappa shape index (κ2) is 6.20. The third-order valence-electron chi connectivity index (χ3n) is 4.51. The Labute approximate surface area is 157 Å². The van der Waals surface area contributed by atoms with E-state index in [4.69, 9.17) is 0 Å². The van der Waals surface area contributed by atoms with Crippen LogP contribution in [-0.4, -0.2) is 26.7 Å². The minimum absolute atomic E-state index is 0.165. The molecule has 8 heteroatoms. The van der Waals surface area contributed by atoms with E-state index < -0.39 is 39.2 Å². The number of carbonyl (C=O) groups excluding carboxylic acids is 2. The minimum Gasteiger partial charge on any atom is -0.505 e. The Kier molecular flexibility index (Phi) is 3.82. The van der Waals surface area contributed by atoms with Gasteiger partial charge in [0.1, 0.15) is 5.56 Å². The summed E-state index contributed by atoms with van der Waals surface area (Å²) in [6.45, 7) is 0. The van der Waals surface area contributed by atoms with Crippen molar-refractivity contribution in [3.63, 3.8) is 0 Å². The third-order valence-corrected chi connectivity index (χ3v) is 4.51. The van der Waals surface area contributed by atoms with Gasteiger partial charge in [-0.3, -0.25) is 19.7 Å². The zero-order valence-corrected chi connectivity index (χ0v) is 14.2. The molecule has 0 heterocycles. The molecule has 3 aromatic carbocycles. The van der Waals surface area contributed by atoms with Gasteiger partial charge in [0, 0.05) is 16.8 Å². The average molecular weight is 376 g/mol. The van der Waals surface area contributed by atoms with Gasteiger partial charge in [-0.2, -0.15) is 0 Å². The van der Waals surface area contributed by atoms with Gasteiger partial charge in [0.15, 0.2) is 17.3 Å². The first-order chi connectivity index (χ1) is 13.4. The summed E-state index contributed by atoms with van der Waals surface area (Å²) < 4.78 is 0. The number of phenols is 2. The van der Waals surface area contributed by atoms with E-state index in [0.717, 1.165) is 12.1 Å². The molecule has 0 amide bonds. The molecule has 138 valence electrons. The highest BCUT2D eigenvalue weighted by Gasteiger charge is 2.39. The molecule has 28 heavy (non-hydrogen) atoms. The number of aromatic hydroxyl groups is 2. The Hall–Kier alpha value is -4.20. The van der Waals surface area contributed by atoms with Crippen molar-refractivity contribution in [3.05, 3.63) is 87.0 Å². The lowest BCUT2D eigenvalue weighted by molar-refractivity contribution is -0.386. The van der Waals surface area contributed by atoms with Crippen LogP contribution >= 0.6 is 0 Å². The van der Waals surface area contributed by atoms with Gasteiger partial charge in [0.05, 0.1) is 16.2 Å². The molecule has 0 atom stereocenters. The second-order valence-electron chi connectivity index (χ2n) is 6.15. The highest BCUT2D eigenvalue weighted by molar-refractivity contribution is 6.31. The predicted octanol–water partition coefficient (Wildman–Crippen LogP) is 3.53. The zero-order valence-electron chi connectivity index (χ0n) is 14.2. The standard InChI is InChI=1S/C20H12N2O6/c23-14-9-7-11-15(17(14)22(27)28)18(24)12-6-8-13(20(26)16(12)19(11)25)21-10-4-2-1-3-5-10/h1-9,21,23,26H. The maximum Gasteiger partial charge on any atom is 0.322 e. The number of carbonyl (C=O) groups is 2. The van der Waals surface area contributed by atoms with Crippen LogP contribution in [0.15, 0.2) is 54.6 Å². The fourth-order valence-corrected chi connectivity index (χ4v) is 3.24. The van der Waals surface area contributed by atoms with Gasteiger partial charge in [-0.15, -0.1) is 0 Å². The van der Waals surface area contributed by atoms with Crippen molar-refractivity contribution in [2.45, 2.75) is 0 Å². The summed E-state index contributed by atoms with van der Waals surface area (Å²) in [5, 5.41) is 34.7.